The van der Waals surface area contributed by atoms with Crippen molar-refractivity contribution in [2.75, 3.05) is 0 Å². The van der Waals surface area contributed by atoms with Crippen LogP contribution in [0.5, 0.6) is 5.75 Å². The van der Waals surface area contributed by atoms with E-state index in [4.69, 9.17) is 0 Å². The third-order valence-electron chi connectivity index (χ3n) is 5.96. The lowest BCUT2D eigenvalue weighted by Crippen LogP contribution is -1.87. The average Bonchev–Trinajstić information content (AvgIpc) is 2.78. The van der Waals surface area contributed by atoms with Crippen molar-refractivity contribution >= 4 is 43.1 Å². The van der Waals surface area contributed by atoms with Gasteiger partial charge < -0.3 is 5.11 Å². The van der Waals surface area contributed by atoms with Gasteiger partial charge >= 0.3 is 0 Å². The Kier molecular flexibility index (Phi) is 3.39. The molecule has 6 rings (SSSR count). The Morgan fingerprint density at radius 1 is 0.379 bits per heavy atom. The quantitative estimate of drug-likeness (QED) is 0.294. The zero-order valence-electron chi connectivity index (χ0n) is 15.8. The highest BCUT2D eigenvalue weighted by Gasteiger charge is 2.13. The standard InChI is InChI=1S/C28H18O/c29-27-17-16-25(26-15-13-19-7-2-4-9-21(19)28(26)27)23-11-5-10-22-20-8-3-1-6-18(20)12-14-24(22)23/h1-17,29H. The molecule has 0 aromatic heterocycles. The first-order valence-electron chi connectivity index (χ1n) is 9.85. The normalized spacial score (nSPS) is 11.6. The summed E-state index contributed by atoms with van der Waals surface area (Å²) < 4.78 is 0. The third kappa shape index (κ3) is 2.34. The van der Waals surface area contributed by atoms with Crippen LogP contribution in [0, 0.1) is 0 Å². The van der Waals surface area contributed by atoms with Gasteiger partial charge in [0, 0.05) is 5.39 Å². The highest BCUT2D eigenvalue weighted by molar-refractivity contribution is 6.18. The van der Waals surface area contributed by atoms with E-state index in [-0.39, 0.29) is 0 Å². The first kappa shape index (κ1) is 16.1. The molecule has 0 radical (unpaired) electrons. The zero-order chi connectivity index (χ0) is 19.4. The van der Waals surface area contributed by atoms with Crippen LogP contribution in [0.1, 0.15) is 0 Å². The van der Waals surface area contributed by atoms with Crippen LogP contribution in [0.25, 0.3) is 54.2 Å². The molecule has 29 heavy (non-hydrogen) atoms. The van der Waals surface area contributed by atoms with E-state index in [1.54, 1.807) is 0 Å². The predicted octanol–water partition coefficient (Wildman–Crippen LogP) is 7.67. The molecule has 0 atom stereocenters. The monoisotopic (exact) mass is 370 g/mol. The van der Waals surface area contributed by atoms with Gasteiger partial charge in [-0.3, -0.25) is 0 Å². The maximum atomic E-state index is 10.7. The molecule has 0 aliphatic rings. The van der Waals surface area contributed by atoms with E-state index < -0.39 is 0 Å². The summed E-state index contributed by atoms with van der Waals surface area (Å²) in [5.74, 6) is 0.325. The minimum absolute atomic E-state index is 0.325. The number of phenols is 1. The second-order valence-corrected chi connectivity index (χ2v) is 7.53. The van der Waals surface area contributed by atoms with Crippen LogP contribution in [0.2, 0.25) is 0 Å². The number of benzene rings is 6. The highest BCUT2D eigenvalue weighted by Crippen LogP contribution is 2.41. The fourth-order valence-electron chi connectivity index (χ4n) is 4.62. The van der Waals surface area contributed by atoms with E-state index in [1.807, 2.05) is 24.3 Å². The van der Waals surface area contributed by atoms with Crippen LogP contribution in [-0.4, -0.2) is 5.11 Å². The van der Waals surface area contributed by atoms with Crippen LogP contribution in [0.15, 0.2) is 103 Å². The summed E-state index contributed by atoms with van der Waals surface area (Å²) in [7, 11) is 0. The number of rotatable bonds is 1. The van der Waals surface area contributed by atoms with Gasteiger partial charge in [0.2, 0.25) is 0 Å². The maximum absolute atomic E-state index is 10.7. The molecule has 0 fully saturated rings. The molecule has 0 heterocycles. The summed E-state index contributed by atoms with van der Waals surface area (Å²) in [6.45, 7) is 0. The van der Waals surface area contributed by atoms with Crippen LogP contribution in [-0.2, 0) is 0 Å². The number of aromatic hydroxyl groups is 1. The Labute approximate surface area is 168 Å². The van der Waals surface area contributed by atoms with Gasteiger partial charge in [-0.05, 0) is 54.9 Å². The second kappa shape index (κ2) is 6.08. The van der Waals surface area contributed by atoms with Gasteiger partial charge in [0.15, 0.2) is 0 Å². The van der Waals surface area contributed by atoms with Crippen molar-refractivity contribution in [2.45, 2.75) is 0 Å². The molecule has 0 bridgehead atoms. The van der Waals surface area contributed by atoms with E-state index >= 15 is 0 Å². The van der Waals surface area contributed by atoms with Crippen molar-refractivity contribution in [3.8, 4) is 16.9 Å². The summed E-state index contributed by atoms with van der Waals surface area (Å²) in [6, 6.07) is 35.8. The molecular formula is C28H18O. The van der Waals surface area contributed by atoms with Gasteiger partial charge in [-0.25, -0.2) is 0 Å². The number of hydrogen-bond acceptors (Lipinski definition) is 1. The highest BCUT2D eigenvalue weighted by atomic mass is 16.3. The van der Waals surface area contributed by atoms with Gasteiger partial charge in [0.25, 0.3) is 0 Å². The lowest BCUT2D eigenvalue weighted by Gasteiger charge is -2.14. The molecule has 0 unspecified atom stereocenters. The van der Waals surface area contributed by atoms with Gasteiger partial charge in [0.05, 0.1) is 0 Å². The Hall–Kier alpha value is -3.84. The van der Waals surface area contributed by atoms with Gasteiger partial charge in [0.1, 0.15) is 5.75 Å². The van der Waals surface area contributed by atoms with E-state index in [0.29, 0.717) is 5.75 Å². The van der Waals surface area contributed by atoms with E-state index in [9.17, 15) is 5.11 Å². The Bertz CT molecular complexity index is 1560. The number of phenolic OH excluding ortho intramolecular Hbond substituents is 1. The summed E-state index contributed by atoms with van der Waals surface area (Å²) >= 11 is 0. The molecular weight excluding hydrogens is 352 g/mol. The molecule has 1 nitrogen and oxygen atoms in total. The van der Waals surface area contributed by atoms with Gasteiger partial charge in [-0.15, -0.1) is 0 Å². The van der Waals surface area contributed by atoms with Crippen molar-refractivity contribution in [3.05, 3.63) is 103 Å². The molecule has 0 aliphatic carbocycles. The minimum atomic E-state index is 0.325. The zero-order valence-corrected chi connectivity index (χ0v) is 15.8. The van der Waals surface area contributed by atoms with E-state index in [2.05, 4.69) is 78.9 Å². The fraction of sp³-hybridized carbons (Fsp3) is 0. The third-order valence-corrected chi connectivity index (χ3v) is 5.96. The lowest BCUT2D eigenvalue weighted by molar-refractivity contribution is 0.482. The SMILES string of the molecule is Oc1ccc(-c2cccc3c2ccc2ccccc23)c2ccc3ccccc3c12. The molecule has 0 aliphatic heterocycles. The van der Waals surface area contributed by atoms with Crippen LogP contribution in [0.4, 0.5) is 0 Å². The molecule has 6 aromatic carbocycles. The topological polar surface area (TPSA) is 20.2 Å². The van der Waals surface area contributed by atoms with Crippen LogP contribution >= 0.6 is 0 Å². The average molecular weight is 370 g/mol. The predicted molar refractivity (Wildman–Crippen MR) is 124 cm³/mol. The minimum Gasteiger partial charge on any atom is -0.507 e. The molecule has 0 saturated heterocycles. The van der Waals surface area contributed by atoms with Crippen molar-refractivity contribution in [2.24, 2.45) is 0 Å². The molecule has 0 saturated carbocycles. The van der Waals surface area contributed by atoms with E-state index in [1.165, 1.54) is 27.1 Å². The van der Waals surface area contributed by atoms with E-state index in [0.717, 1.165) is 27.1 Å². The fourth-order valence-corrected chi connectivity index (χ4v) is 4.62. The molecule has 136 valence electrons. The van der Waals surface area contributed by atoms with Gasteiger partial charge in [-0.1, -0.05) is 97.1 Å². The Morgan fingerprint density at radius 2 is 1.00 bits per heavy atom. The summed E-state index contributed by atoms with van der Waals surface area (Å²) in [6.07, 6.45) is 0. The molecule has 1 N–H and O–H groups in total. The first-order valence-corrected chi connectivity index (χ1v) is 9.85. The first-order chi connectivity index (χ1) is 14.3. The number of hydrogen-bond donors (Lipinski definition) is 1. The van der Waals surface area contributed by atoms with Crippen molar-refractivity contribution in [1.29, 1.82) is 0 Å². The van der Waals surface area contributed by atoms with Crippen molar-refractivity contribution in [1.82, 2.24) is 0 Å². The molecule has 0 amide bonds. The summed E-state index contributed by atoms with van der Waals surface area (Å²) in [5.41, 5.74) is 2.33. The van der Waals surface area contributed by atoms with Crippen LogP contribution < -0.4 is 0 Å². The largest absolute Gasteiger partial charge is 0.507 e. The lowest BCUT2D eigenvalue weighted by atomic mass is 9.90. The molecule has 6 aromatic rings. The van der Waals surface area contributed by atoms with Crippen molar-refractivity contribution in [3.63, 3.8) is 0 Å². The second-order valence-electron chi connectivity index (χ2n) is 7.53. The Balaban J connectivity index is 1.75. The summed E-state index contributed by atoms with van der Waals surface area (Å²) in [4.78, 5) is 0. The van der Waals surface area contributed by atoms with Crippen LogP contribution in [0.3, 0.4) is 0 Å². The molecule has 1 heteroatoms. The Morgan fingerprint density at radius 3 is 1.83 bits per heavy atom. The van der Waals surface area contributed by atoms with Crippen molar-refractivity contribution < 1.29 is 5.11 Å². The maximum Gasteiger partial charge on any atom is 0.124 e. The number of fused-ring (bicyclic) bond motifs is 6. The molecule has 0 spiro atoms. The smallest absolute Gasteiger partial charge is 0.124 e. The van der Waals surface area contributed by atoms with Gasteiger partial charge in [-0.2, -0.15) is 0 Å². The summed E-state index contributed by atoms with van der Waals surface area (Å²) in [5, 5.41) is 19.9.